The van der Waals surface area contributed by atoms with Crippen molar-refractivity contribution in [2.24, 2.45) is 17.2 Å². The Kier molecular flexibility index (Phi) is 14.0. The molecule has 1 fully saturated rings. The van der Waals surface area contributed by atoms with Gasteiger partial charge in [-0.05, 0) is 78.3 Å². The first kappa shape index (κ1) is 31.3. The molecular weight excluding hydrogens is 470 g/mol. The van der Waals surface area contributed by atoms with E-state index >= 15 is 0 Å². The van der Waals surface area contributed by atoms with Crippen molar-refractivity contribution in [2.45, 2.75) is 95.4 Å². The van der Waals surface area contributed by atoms with Gasteiger partial charge in [0.25, 0.3) is 0 Å². The first-order valence-electron chi connectivity index (χ1n) is 12.6. The van der Waals surface area contributed by atoms with Crippen LogP contribution >= 0.6 is 0 Å². The number of likely N-dealkylation sites (tertiary alicyclic amines) is 1. The Bertz CT molecular complexity index is 763. The summed E-state index contributed by atoms with van der Waals surface area (Å²) in [6.07, 6.45) is 3.94. The van der Waals surface area contributed by atoms with Gasteiger partial charge in [-0.2, -0.15) is 0 Å². The molecule has 0 aliphatic carbocycles. The summed E-state index contributed by atoms with van der Waals surface area (Å²) in [4.78, 5) is 63.7. The molecule has 10 N–H and O–H groups in total. The average Bonchev–Trinajstić information content (AvgIpc) is 3.32. The third-order valence-corrected chi connectivity index (χ3v) is 6.12. The van der Waals surface area contributed by atoms with Crippen molar-refractivity contribution in [3.05, 3.63) is 0 Å². The molecule has 4 amide bonds. The van der Waals surface area contributed by atoms with E-state index in [2.05, 4.69) is 16.0 Å². The SMILES string of the molecule is C[C@H](N)C(=O)N[C@@H](CCCCN)C(=O)N[C@@H](CCCCN)C(=O)N[C@@H](C)C(=O)N1CCC[C@H]1C(=O)O. The zero-order valence-corrected chi connectivity index (χ0v) is 21.3. The minimum absolute atomic E-state index is 0.272. The van der Waals surface area contributed by atoms with Gasteiger partial charge in [0.1, 0.15) is 24.2 Å². The van der Waals surface area contributed by atoms with Gasteiger partial charge >= 0.3 is 5.97 Å². The number of carboxylic acids is 1. The summed E-state index contributed by atoms with van der Waals surface area (Å²) in [5.74, 6) is -3.19. The first-order chi connectivity index (χ1) is 17.0. The smallest absolute Gasteiger partial charge is 0.326 e. The molecule has 0 aromatic rings. The summed E-state index contributed by atoms with van der Waals surface area (Å²) in [5, 5.41) is 17.3. The maximum absolute atomic E-state index is 13.1. The summed E-state index contributed by atoms with van der Waals surface area (Å²) in [5.41, 5.74) is 16.7. The fourth-order valence-corrected chi connectivity index (χ4v) is 4.01. The van der Waals surface area contributed by atoms with Crippen LogP contribution in [0.25, 0.3) is 0 Å². The molecule has 13 nitrogen and oxygen atoms in total. The topological polar surface area (TPSA) is 223 Å². The van der Waals surface area contributed by atoms with Crippen molar-refractivity contribution in [3.8, 4) is 0 Å². The van der Waals surface area contributed by atoms with Crippen LogP contribution in [0.2, 0.25) is 0 Å². The van der Waals surface area contributed by atoms with Crippen molar-refractivity contribution in [1.82, 2.24) is 20.9 Å². The van der Waals surface area contributed by atoms with Crippen LogP contribution in [0.5, 0.6) is 0 Å². The van der Waals surface area contributed by atoms with Crippen molar-refractivity contribution in [2.75, 3.05) is 19.6 Å². The molecule has 206 valence electrons. The number of carboxylic acid groups (broad SMARTS) is 1. The van der Waals surface area contributed by atoms with Gasteiger partial charge in [-0.25, -0.2) is 4.79 Å². The molecule has 0 aromatic heterocycles. The van der Waals surface area contributed by atoms with Crippen molar-refractivity contribution < 1.29 is 29.1 Å². The van der Waals surface area contributed by atoms with E-state index in [0.29, 0.717) is 64.6 Å². The van der Waals surface area contributed by atoms with E-state index in [1.165, 1.54) is 18.7 Å². The second kappa shape index (κ2) is 16.1. The van der Waals surface area contributed by atoms with Crippen molar-refractivity contribution >= 4 is 29.6 Å². The Morgan fingerprint density at radius 2 is 1.36 bits per heavy atom. The molecule has 0 spiro atoms. The summed E-state index contributed by atoms with van der Waals surface area (Å²) in [6.45, 7) is 4.13. The Morgan fingerprint density at radius 1 is 0.861 bits per heavy atom. The zero-order chi connectivity index (χ0) is 27.3. The summed E-state index contributed by atoms with van der Waals surface area (Å²) in [7, 11) is 0. The van der Waals surface area contributed by atoms with Gasteiger partial charge < -0.3 is 43.2 Å². The summed E-state index contributed by atoms with van der Waals surface area (Å²) in [6, 6.07) is -4.59. The Morgan fingerprint density at radius 3 is 1.83 bits per heavy atom. The monoisotopic (exact) mass is 513 g/mol. The van der Waals surface area contributed by atoms with E-state index < -0.39 is 59.8 Å². The largest absolute Gasteiger partial charge is 0.480 e. The average molecular weight is 514 g/mol. The van der Waals surface area contributed by atoms with Crippen molar-refractivity contribution in [3.63, 3.8) is 0 Å². The fourth-order valence-electron chi connectivity index (χ4n) is 4.01. The van der Waals surface area contributed by atoms with E-state index in [9.17, 15) is 29.1 Å². The number of nitrogens with two attached hydrogens (primary N) is 3. The van der Waals surface area contributed by atoms with Gasteiger partial charge in [-0.1, -0.05) is 0 Å². The lowest BCUT2D eigenvalue weighted by atomic mass is 10.0. The molecule has 5 atom stereocenters. The normalized spacial score (nSPS) is 18.6. The quantitative estimate of drug-likeness (QED) is 0.115. The van der Waals surface area contributed by atoms with Crippen molar-refractivity contribution in [1.29, 1.82) is 0 Å². The molecular formula is C23H43N7O6. The van der Waals surface area contributed by atoms with Crippen LogP contribution in [-0.4, -0.2) is 89.4 Å². The Hall–Kier alpha value is -2.77. The third-order valence-electron chi connectivity index (χ3n) is 6.12. The van der Waals surface area contributed by atoms with E-state index in [-0.39, 0.29) is 6.42 Å². The maximum Gasteiger partial charge on any atom is 0.326 e. The number of hydrogen-bond donors (Lipinski definition) is 7. The van der Waals surface area contributed by atoms with E-state index in [1.54, 1.807) is 0 Å². The van der Waals surface area contributed by atoms with Crippen LogP contribution in [0.1, 0.15) is 65.2 Å². The van der Waals surface area contributed by atoms with Crippen LogP contribution < -0.4 is 33.2 Å². The molecule has 1 aliphatic rings. The van der Waals surface area contributed by atoms with Crippen LogP contribution in [0.4, 0.5) is 0 Å². The molecule has 13 heteroatoms. The molecule has 1 rings (SSSR count). The number of aliphatic carboxylic acids is 1. The lowest BCUT2D eigenvalue weighted by Crippen LogP contribution is -2.57. The van der Waals surface area contributed by atoms with Gasteiger partial charge in [0, 0.05) is 6.54 Å². The maximum atomic E-state index is 13.1. The van der Waals surface area contributed by atoms with Gasteiger partial charge in [-0.15, -0.1) is 0 Å². The van der Waals surface area contributed by atoms with Crippen LogP contribution in [0.3, 0.4) is 0 Å². The highest BCUT2D eigenvalue weighted by Crippen LogP contribution is 2.18. The zero-order valence-electron chi connectivity index (χ0n) is 21.3. The molecule has 1 aliphatic heterocycles. The predicted octanol–water partition coefficient (Wildman–Crippen LogP) is -1.86. The highest BCUT2D eigenvalue weighted by atomic mass is 16.4. The second-order valence-electron chi connectivity index (χ2n) is 9.24. The number of carbonyl (C=O) groups is 5. The van der Waals surface area contributed by atoms with Crippen LogP contribution in [0.15, 0.2) is 0 Å². The van der Waals surface area contributed by atoms with Crippen LogP contribution in [-0.2, 0) is 24.0 Å². The molecule has 1 heterocycles. The number of unbranched alkanes of at least 4 members (excludes halogenated alkanes) is 2. The first-order valence-corrected chi connectivity index (χ1v) is 12.6. The molecule has 0 bridgehead atoms. The Labute approximate surface area is 212 Å². The highest BCUT2D eigenvalue weighted by Gasteiger charge is 2.37. The van der Waals surface area contributed by atoms with E-state index in [1.807, 2.05) is 0 Å². The number of rotatable bonds is 16. The van der Waals surface area contributed by atoms with Gasteiger partial charge in [-0.3, -0.25) is 19.2 Å². The van der Waals surface area contributed by atoms with Gasteiger partial charge in [0.15, 0.2) is 0 Å². The number of amides is 4. The third kappa shape index (κ3) is 10.1. The highest BCUT2D eigenvalue weighted by molar-refractivity contribution is 5.95. The molecule has 1 saturated heterocycles. The molecule has 0 aromatic carbocycles. The predicted molar refractivity (Wildman–Crippen MR) is 133 cm³/mol. The lowest BCUT2D eigenvalue weighted by molar-refractivity contribution is -0.149. The van der Waals surface area contributed by atoms with Crippen LogP contribution in [0, 0.1) is 0 Å². The van der Waals surface area contributed by atoms with Gasteiger partial charge in [0.05, 0.1) is 6.04 Å². The minimum atomic E-state index is -1.08. The molecule has 0 radical (unpaired) electrons. The molecule has 0 unspecified atom stereocenters. The standard InChI is InChI=1S/C23H43N7O6/c1-14(26)19(31)28-17(9-4-6-12-25)21(33)29-16(8-3-5-11-24)20(32)27-15(2)22(34)30-13-7-10-18(30)23(35)36/h14-18H,3-13,24-26H2,1-2H3,(H,27,32)(H,28,31)(H,29,33)(H,35,36)/t14-,15-,16-,17-,18-/m0/s1. The number of carbonyl (C=O) groups excluding carboxylic acids is 4. The number of nitrogens with one attached hydrogen (secondary N) is 3. The summed E-state index contributed by atoms with van der Waals surface area (Å²) < 4.78 is 0. The fraction of sp³-hybridized carbons (Fsp3) is 0.783. The van der Waals surface area contributed by atoms with E-state index in [0.717, 1.165) is 0 Å². The lowest BCUT2D eigenvalue weighted by Gasteiger charge is -2.27. The summed E-state index contributed by atoms with van der Waals surface area (Å²) >= 11 is 0. The Balaban J connectivity index is 2.91. The molecule has 36 heavy (non-hydrogen) atoms. The second-order valence-corrected chi connectivity index (χ2v) is 9.24. The number of nitrogens with zero attached hydrogens (tertiary/aromatic N) is 1. The van der Waals surface area contributed by atoms with E-state index in [4.69, 9.17) is 17.2 Å². The van der Waals surface area contributed by atoms with Gasteiger partial charge in [0.2, 0.25) is 23.6 Å². The molecule has 0 saturated carbocycles. The minimum Gasteiger partial charge on any atom is -0.480 e. The number of hydrogen-bond acceptors (Lipinski definition) is 8.